The van der Waals surface area contributed by atoms with E-state index in [0.29, 0.717) is 26.0 Å². The number of ether oxygens (including phenoxy) is 1. The molecule has 1 atom stereocenters. The minimum atomic E-state index is -0.387. The summed E-state index contributed by atoms with van der Waals surface area (Å²) in [6, 6.07) is 15.9. The van der Waals surface area contributed by atoms with Gasteiger partial charge >= 0.3 is 0 Å². The Bertz CT molecular complexity index is 1130. The Morgan fingerprint density at radius 3 is 2.00 bits per heavy atom. The van der Waals surface area contributed by atoms with Crippen LogP contribution in [0.4, 0.5) is 4.79 Å². The molecule has 1 aliphatic rings. The predicted molar refractivity (Wildman–Crippen MR) is 139 cm³/mol. The molecule has 3 heterocycles. The Hall–Kier alpha value is -3.19. The molecule has 7 heteroatoms. The molecule has 35 heavy (non-hydrogen) atoms. The van der Waals surface area contributed by atoms with Crippen LogP contribution >= 0.6 is 11.8 Å². The lowest BCUT2D eigenvalue weighted by Gasteiger charge is -2.14. The third-order valence-corrected chi connectivity index (χ3v) is 7.23. The first-order chi connectivity index (χ1) is 17.1. The van der Waals surface area contributed by atoms with Crippen molar-refractivity contribution in [3.8, 4) is 5.75 Å². The van der Waals surface area contributed by atoms with Crippen LogP contribution in [0.15, 0.2) is 60.9 Å². The van der Waals surface area contributed by atoms with Crippen molar-refractivity contribution in [3.63, 3.8) is 0 Å². The summed E-state index contributed by atoms with van der Waals surface area (Å²) in [5.74, 6) is 0.663. The van der Waals surface area contributed by atoms with Gasteiger partial charge in [0.05, 0.1) is 11.9 Å². The molecular weight excluding hydrogens is 458 g/mol. The average Bonchev–Trinajstić information content (AvgIpc) is 3.16. The fourth-order valence-electron chi connectivity index (χ4n) is 3.89. The number of hydrogen-bond donors (Lipinski definition) is 0. The highest BCUT2D eigenvalue weighted by Gasteiger charge is 2.39. The van der Waals surface area contributed by atoms with E-state index in [1.807, 2.05) is 54.9 Å². The van der Waals surface area contributed by atoms with Crippen molar-refractivity contribution in [2.75, 3.05) is 13.2 Å². The van der Waals surface area contributed by atoms with E-state index in [9.17, 15) is 9.59 Å². The lowest BCUT2D eigenvalue weighted by Crippen LogP contribution is -2.34. The van der Waals surface area contributed by atoms with E-state index in [-0.39, 0.29) is 16.4 Å². The summed E-state index contributed by atoms with van der Waals surface area (Å²) in [6.07, 6.45) is 7.52. The summed E-state index contributed by atoms with van der Waals surface area (Å²) in [5.41, 5.74) is 5.31. The highest BCUT2D eigenvalue weighted by Crippen LogP contribution is 2.30. The molecule has 0 radical (unpaired) electrons. The molecule has 0 N–H and O–H groups in total. The van der Waals surface area contributed by atoms with Gasteiger partial charge < -0.3 is 4.74 Å². The van der Waals surface area contributed by atoms with Gasteiger partial charge in [-0.15, -0.1) is 0 Å². The van der Waals surface area contributed by atoms with Crippen LogP contribution in [0.5, 0.6) is 5.75 Å². The second kappa shape index (κ2) is 12.0. The Kier molecular flexibility index (Phi) is 8.53. The Balaban J connectivity index is 1.24. The van der Waals surface area contributed by atoms with Gasteiger partial charge in [0.1, 0.15) is 5.75 Å². The van der Waals surface area contributed by atoms with E-state index in [0.717, 1.165) is 53.7 Å². The maximum atomic E-state index is 12.9. The van der Waals surface area contributed by atoms with Crippen molar-refractivity contribution in [1.29, 1.82) is 0 Å². The average molecular weight is 490 g/mol. The zero-order valence-electron chi connectivity index (χ0n) is 20.3. The normalized spacial score (nSPS) is 15.6. The number of thioether (sulfide) groups is 1. The number of benzene rings is 1. The van der Waals surface area contributed by atoms with Gasteiger partial charge in [-0.1, -0.05) is 49.9 Å². The van der Waals surface area contributed by atoms with Gasteiger partial charge in [-0.2, -0.15) is 0 Å². The van der Waals surface area contributed by atoms with E-state index >= 15 is 0 Å². The molecule has 0 spiro atoms. The van der Waals surface area contributed by atoms with Gasteiger partial charge in [-0.05, 0) is 60.2 Å². The van der Waals surface area contributed by atoms with Crippen molar-refractivity contribution in [3.05, 3.63) is 89.0 Å². The van der Waals surface area contributed by atoms with E-state index < -0.39 is 0 Å². The molecule has 0 saturated carbocycles. The van der Waals surface area contributed by atoms with Crippen LogP contribution in [-0.2, 0) is 36.9 Å². The lowest BCUT2D eigenvalue weighted by atomic mass is 10.1. The number of carbonyl (C=O) groups is 2. The van der Waals surface area contributed by atoms with Crippen LogP contribution in [0, 0.1) is 0 Å². The molecule has 0 aliphatic carbocycles. The highest BCUT2D eigenvalue weighted by atomic mass is 32.2. The van der Waals surface area contributed by atoms with Gasteiger partial charge in [-0.25, -0.2) is 0 Å². The molecule has 1 unspecified atom stereocenters. The molecule has 1 aliphatic heterocycles. The highest BCUT2D eigenvalue weighted by molar-refractivity contribution is 8.15. The second-order valence-corrected chi connectivity index (χ2v) is 9.74. The molecule has 2 aromatic heterocycles. The number of hydrogen-bond acceptors (Lipinski definition) is 6. The predicted octanol–water partition coefficient (Wildman–Crippen LogP) is 5.07. The topological polar surface area (TPSA) is 72.4 Å². The maximum absolute atomic E-state index is 12.9. The summed E-state index contributed by atoms with van der Waals surface area (Å²) < 4.78 is 5.85. The number of carbonyl (C=O) groups excluding carboxylic acids is 2. The summed E-state index contributed by atoms with van der Waals surface area (Å²) in [6.45, 7) is 5.11. The number of aromatic nitrogens is 2. The SMILES string of the molecule is CCc1ccc(CCOc2ccc(CC3SC(=O)N(CCc4ccc(CC)cn4)C3=O)cc2)nc1. The van der Waals surface area contributed by atoms with Crippen molar-refractivity contribution in [2.45, 2.75) is 51.2 Å². The van der Waals surface area contributed by atoms with Crippen molar-refractivity contribution in [1.82, 2.24) is 14.9 Å². The standard InChI is InChI=1S/C28H31N3O3S/c1-3-20-5-9-23(29-18-20)13-15-31-27(32)26(35-28(31)33)17-22-7-11-25(12-8-22)34-16-14-24-10-6-21(4-2)19-30-24/h5-12,18-19,26H,3-4,13-17H2,1-2H3. The zero-order chi connectivity index (χ0) is 24.6. The molecule has 6 nitrogen and oxygen atoms in total. The molecular formula is C28H31N3O3S. The van der Waals surface area contributed by atoms with Crippen LogP contribution in [0.1, 0.15) is 41.9 Å². The molecule has 4 rings (SSSR count). The van der Waals surface area contributed by atoms with Gasteiger partial charge in [0.15, 0.2) is 0 Å². The molecule has 0 bridgehead atoms. The summed E-state index contributed by atoms with van der Waals surface area (Å²) in [7, 11) is 0. The maximum Gasteiger partial charge on any atom is 0.289 e. The molecule has 1 saturated heterocycles. The number of amides is 2. The van der Waals surface area contributed by atoms with E-state index in [2.05, 4.69) is 29.9 Å². The number of aryl methyl sites for hydroxylation is 2. The van der Waals surface area contributed by atoms with E-state index in [1.54, 1.807) is 0 Å². The lowest BCUT2D eigenvalue weighted by molar-refractivity contribution is -0.126. The van der Waals surface area contributed by atoms with Crippen molar-refractivity contribution < 1.29 is 14.3 Å². The van der Waals surface area contributed by atoms with E-state index in [4.69, 9.17) is 4.74 Å². The second-order valence-electron chi connectivity index (χ2n) is 8.58. The van der Waals surface area contributed by atoms with Crippen molar-refractivity contribution in [2.24, 2.45) is 0 Å². The fourth-order valence-corrected chi connectivity index (χ4v) is 4.95. The van der Waals surface area contributed by atoms with Crippen LogP contribution in [0.2, 0.25) is 0 Å². The molecule has 2 amide bonds. The first-order valence-electron chi connectivity index (χ1n) is 12.2. The molecule has 182 valence electrons. The van der Waals surface area contributed by atoms with E-state index in [1.165, 1.54) is 16.0 Å². The van der Waals surface area contributed by atoms with Gasteiger partial charge in [0.2, 0.25) is 5.91 Å². The van der Waals surface area contributed by atoms with Crippen LogP contribution < -0.4 is 4.74 Å². The van der Waals surface area contributed by atoms with Crippen molar-refractivity contribution >= 4 is 22.9 Å². The van der Waals surface area contributed by atoms with Gasteiger partial charge in [0, 0.05) is 43.2 Å². The molecule has 3 aromatic rings. The number of imide groups is 1. The number of nitrogens with zero attached hydrogens (tertiary/aromatic N) is 3. The Labute approximate surface area is 211 Å². The number of pyridine rings is 2. The Morgan fingerprint density at radius 1 is 0.829 bits per heavy atom. The summed E-state index contributed by atoms with van der Waals surface area (Å²) >= 11 is 1.11. The van der Waals surface area contributed by atoms with Gasteiger partial charge in [-0.3, -0.25) is 24.5 Å². The van der Waals surface area contributed by atoms with Crippen LogP contribution in [-0.4, -0.2) is 44.4 Å². The minimum Gasteiger partial charge on any atom is -0.493 e. The summed E-state index contributed by atoms with van der Waals surface area (Å²) in [5, 5.41) is -0.562. The quantitative estimate of drug-likeness (QED) is 0.374. The van der Waals surface area contributed by atoms with Gasteiger partial charge in [0.25, 0.3) is 5.24 Å². The third-order valence-electron chi connectivity index (χ3n) is 6.16. The summed E-state index contributed by atoms with van der Waals surface area (Å²) in [4.78, 5) is 35.6. The molecule has 1 fully saturated rings. The van der Waals surface area contributed by atoms with Crippen LogP contribution in [0.3, 0.4) is 0 Å². The zero-order valence-corrected chi connectivity index (χ0v) is 21.1. The minimum absolute atomic E-state index is 0.118. The Morgan fingerprint density at radius 2 is 1.43 bits per heavy atom. The third kappa shape index (κ3) is 6.69. The first-order valence-corrected chi connectivity index (χ1v) is 13.0. The van der Waals surface area contributed by atoms with Crippen LogP contribution in [0.25, 0.3) is 0 Å². The number of rotatable bonds is 11. The monoisotopic (exact) mass is 489 g/mol. The smallest absolute Gasteiger partial charge is 0.289 e. The molecule has 1 aromatic carbocycles. The largest absolute Gasteiger partial charge is 0.493 e. The first kappa shape index (κ1) is 24.9. The fraction of sp³-hybridized carbons (Fsp3) is 0.357.